The number of benzene rings is 2. The largest absolute Gasteiger partial charge is 0.357 e. The summed E-state index contributed by atoms with van der Waals surface area (Å²) in [5.74, 6) is 1.68. The molecule has 3 aromatic rings. The van der Waals surface area contributed by atoms with Gasteiger partial charge in [-0.3, -0.25) is 0 Å². The van der Waals surface area contributed by atoms with E-state index >= 15 is 0 Å². The molecule has 2 N–H and O–H groups in total. The molecule has 2 aromatic carbocycles. The Kier molecular flexibility index (Phi) is 3.73. The average molecular weight is 277 g/mol. The van der Waals surface area contributed by atoms with E-state index in [0.29, 0.717) is 17.7 Å². The SMILES string of the molecule is CNc1nc(Nc2ccccc2)nc(-c2ccccc2)n1. The third-order valence-corrected chi connectivity index (χ3v) is 2.92. The maximum Gasteiger partial charge on any atom is 0.232 e. The molecule has 0 aliphatic carbocycles. The summed E-state index contributed by atoms with van der Waals surface area (Å²) in [4.78, 5) is 13.2. The molecule has 5 heteroatoms. The highest BCUT2D eigenvalue weighted by atomic mass is 15.2. The molecule has 0 aliphatic rings. The van der Waals surface area contributed by atoms with Gasteiger partial charge in [-0.25, -0.2) is 0 Å². The molecule has 0 saturated carbocycles. The van der Waals surface area contributed by atoms with E-state index in [2.05, 4.69) is 25.6 Å². The van der Waals surface area contributed by atoms with E-state index in [0.717, 1.165) is 11.3 Å². The normalized spacial score (nSPS) is 10.1. The van der Waals surface area contributed by atoms with Crippen molar-refractivity contribution in [1.82, 2.24) is 15.0 Å². The van der Waals surface area contributed by atoms with Crippen molar-refractivity contribution in [1.29, 1.82) is 0 Å². The second-order valence-electron chi connectivity index (χ2n) is 4.41. The number of hydrogen-bond acceptors (Lipinski definition) is 5. The molecule has 5 nitrogen and oxygen atoms in total. The van der Waals surface area contributed by atoms with Gasteiger partial charge in [0.2, 0.25) is 11.9 Å². The first kappa shape index (κ1) is 13.1. The Bertz CT molecular complexity index is 713. The lowest BCUT2D eigenvalue weighted by Crippen LogP contribution is -2.05. The van der Waals surface area contributed by atoms with E-state index in [-0.39, 0.29) is 0 Å². The maximum atomic E-state index is 4.47. The Morgan fingerprint density at radius 1 is 0.714 bits per heavy atom. The molecule has 0 radical (unpaired) electrons. The van der Waals surface area contributed by atoms with E-state index in [9.17, 15) is 0 Å². The number of aromatic nitrogens is 3. The van der Waals surface area contributed by atoms with Crippen molar-refractivity contribution in [2.75, 3.05) is 17.7 Å². The van der Waals surface area contributed by atoms with Gasteiger partial charge in [-0.1, -0.05) is 48.5 Å². The molecular formula is C16H15N5. The minimum Gasteiger partial charge on any atom is -0.357 e. The predicted octanol–water partition coefficient (Wildman–Crippen LogP) is 3.32. The van der Waals surface area contributed by atoms with Gasteiger partial charge in [0.15, 0.2) is 5.82 Å². The fraction of sp³-hybridized carbons (Fsp3) is 0.0625. The highest BCUT2D eigenvalue weighted by Crippen LogP contribution is 2.19. The van der Waals surface area contributed by atoms with Crippen LogP contribution in [0.15, 0.2) is 60.7 Å². The molecule has 0 atom stereocenters. The Morgan fingerprint density at radius 2 is 1.33 bits per heavy atom. The van der Waals surface area contributed by atoms with E-state index < -0.39 is 0 Å². The standard InChI is InChI=1S/C16H15N5/c1-17-15-19-14(12-8-4-2-5-9-12)20-16(21-15)18-13-10-6-3-7-11-13/h2-11H,1H3,(H2,17,18,19,20,21). The number of rotatable bonds is 4. The van der Waals surface area contributed by atoms with Crippen LogP contribution in [0.2, 0.25) is 0 Å². The Hall–Kier alpha value is -2.95. The van der Waals surface area contributed by atoms with Crippen LogP contribution in [0.1, 0.15) is 0 Å². The zero-order valence-electron chi connectivity index (χ0n) is 11.6. The van der Waals surface area contributed by atoms with Crippen LogP contribution in [-0.4, -0.2) is 22.0 Å². The molecule has 1 aromatic heterocycles. The summed E-state index contributed by atoms with van der Waals surface area (Å²) < 4.78 is 0. The first-order valence-electron chi connectivity index (χ1n) is 6.66. The van der Waals surface area contributed by atoms with E-state index in [4.69, 9.17) is 0 Å². The third kappa shape index (κ3) is 3.14. The Morgan fingerprint density at radius 3 is 2.00 bits per heavy atom. The van der Waals surface area contributed by atoms with Crippen LogP contribution in [0.4, 0.5) is 17.6 Å². The van der Waals surface area contributed by atoms with E-state index in [1.165, 1.54) is 0 Å². The van der Waals surface area contributed by atoms with Gasteiger partial charge in [-0.05, 0) is 12.1 Å². The van der Waals surface area contributed by atoms with Crippen molar-refractivity contribution >= 4 is 17.6 Å². The first-order chi connectivity index (χ1) is 10.3. The number of anilines is 3. The number of para-hydroxylation sites is 1. The minimum atomic E-state index is 0.513. The van der Waals surface area contributed by atoms with Gasteiger partial charge in [-0.15, -0.1) is 0 Å². The molecule has 0 amide bonds. The summed E-state index contributed by atoms with van der Waals surface area (Å²) in [6.07, 6.45) is 0. The molecule has 0 unspecified atom stereocenters. The first-order valence-corrected chi connectivity index (χ1v) is 6.66. The molecule has 3 rings (SSSR count). The predicted molar refractivity (Wildman–Crippen MR) is 84.5 cm³/mol. The second kappa shape index (κ2) is 6.00. The van der Waals surface area contributed by atoms with Gasteiger partial charge in [0.05, 0.1) is 0 Å². The quantitative estimate of drug-likeness (QED) is 0.766. The van der Waals surface area contributed by atoms with Crippen LogP contribution in [0.25, 0.3) is 11.4 Å². The van der Waals surface area contributed by atoms with Crippen LogP contribution in [0.3, 0.4) is 0 Å². The zero-order valence-corrected chi connectivity index (χ0v) is 11.6. The van der Waals surface area contributed by atoms with Crippen molar-refractivity contribution in [2.24, 2.45) is 0 Å². The summed E-state index contributed by atoms with van der Waals surface area (Å²) in [7, 11) is 1.79. The van der Waals surface area contributed by atoms with Crippen molar-refractivity contribution in [3.05, 3.63) is 60.7 Å². The molecule has 0 aliphatic heterocycles. The van der Waals surface area contributed by atoms with Gasteiger partial charge in [0.1, 0.15) is 0 Å². The molecule has 1 heterocycles. The number of nitrogens with one attached hydrogen (secondary N) is 2. The van der Waals surface area contributed by atoms with Gasteiger partial charge in [0, 0.05) is 18.3 Å². The summed E-state index contributed by atoms with van der Waals surface area (Å²) in [5, 5.41) is 6.15. The van der Waals surface area contributed by atoms with Crippen molar-refractivity contribution in [2.45, 2.75) is 0 Å². The van der Waals surface area contributed by atoms with Gasteiger partial charge in [0.25, 0.3) is 0 Å². The minimum absolute atomic E-state index is 0.513. The number of nitrogens with zero attached hydrogens (tertiary/aromatic N) is 3. The van der Waals surface area contributed by atoms with E-state index in [1.54, 1.807) is 7.05 Å². The molecule has 0 spiro atoms. The van der Waals surface area contributed by atoms with Crippen molar-refractivity contribution in [3.63, 3.8) is 0 Å². The van der Waals surface area contributed by atoms with E-state index in [1.807, 2.05) is 60.7 Å². The third-order valence-electron chi connectivity index (χ3n) is 2.92. The molecule has 0 fully saturated rings. The van der Waals surface area contributed by atoms with Crippen LogP contribution in [0, 0.1) is 0 Å². The number of hydrogen-bond donors (Lipinski definition) is 2. The summed E-state index contributed by atoms with van der Waals surface area (Å²) in [5.41, 5.74) is 1.89. The van der Waals surface area contributed by atoms with Crippen LogP contribution in [0.5, 0.6) is 0 Å². The topological polar surface area (TPSA) is 62.7 Å². The van der Waals surface area contributed by atoms with Crippen molar-refractivity contribution in [3.8, 4) is 11.4 Å². The monoisotopic (exact) mass is 277 g/mol. The lowest BCUT2D eigenvalue weighted by atomic mass is 10.2. The molecule has 21 heavy (non-hydrogen) atoms. The van der Waals surface area contributed by atoms with Crippen LogP contribution < -0.4 is 10.6 Å². The maximum absolute atomic E-state index is 4.47. The fourth-order valence-corrected chi connectivity index (χ4v) is 1.91. The highest BCUT2D eigenvalue weighted by molar-refractivity contribution is 5.60. The zero-order chi connectivity index (χ0) is 14.5. The smallest absolute Gasteiger partial charge is 0.232 e. The fourth-order valence-electron chi connectivity index (χ4n) is 1.91. The lowest BCUT2D eigenvalue weighted by molar-refractivity contribution is 1.06. The molecule has 0 saturated heterocycles. The van der Waals surface area contributed by atoms with Crippen LogP contribution in [-0.2, 0) is 0 Å². The Balaban J connectivity index is 1.98. The average Bonchev–Trinajstić information content (AvgIpc) is 2.56. The van der Waals surface area contributed by atoms with Crippen LogP contribution >= 0.6 is 0 Å². The van der Waals surface area contributed by atoms with Gasteiger partial charge < -0.3 is 10.6 Å². The Labute approximate surface area is 123 Å². The molecular weight excluding hydrogens is 262 g/mol. The lowest BCUT2D eigenvalue weighted by Gasteiger charge is -2.08. The molecule has 104 valence electrons. The molecule has 0 bridgehead atoms. The second-order valence-corrected chi connectivity index (χ2v) is 4.41. The van der Waals surface area contributed by atoms with Crippen molar-refractivity contribution < 1.29 is 0 Å². The summed E-state index contributed by atoms with van der Waals surface area (Å²) in [6, 6.07) is 19.6. The summed E-state index contributed by atoms with van der Waals surface area (Å²) in [6.45, 7) is 0. The summed E-state index contributed by atoms with van der Waals surface area (Å²) >= 11 is 0. The van der Waals surface area contributed by atoms with Gasteiger partial charge in [-0.2, -0.15) is 15.0 Å². The van der Waals surface area contributed by atoms with Gasteiger partial charge >= 0.3 is 0 Å². The highest BCUT2D eigenvalue weighted by Gasteiger charge is 2.07.